The van der Waals surface area contributed by atoms with Crippen LogP contribution in [-0.2, 0) is 6.42 Å². The van der Waals surface area contributed by atoms with Crippen LogP contribution in [-0.4, -0.2) is 24.2 Å². The molecule has 0 fully saturated rings. The van der Waals surface area contributed by atoms with E-state index in [0.717, 1.165) is 23.4 Å². The first-order valence-corrected chi connectivity index (χ1v) is 7.89. The largest absolute Gasteiger partial charge is 0.493 e. The van der Waals surface area contributed by atoms with Gasteiger partial charge in [0.25, 0.3) is 0 Å². The highest BCUT2D eigenvalue weighted by Crippen LogP contribution is 2.32. The van der Waals surface area contributed by atoms with E-state index in [2.05, 4.69) is 22.2 Å². The van der Waals surface area contributed by atoms with Gasteiger partial charge < -0.3 is 14.8 Å². The summed E-state index contributed by atoms with van der Waals surface area (Å²) in [5.41, 5.74) is 1.99. The summed E-state index contributed by atoms with van der Waals surface area (Å²) in [6.45, 7) is 5.93. The van der Waals surface area contributed by atoms with Crippen molar-refractivity contribution >= 4 is 17.4 Å². The van der Waals surface area contributed by atoms with Crippen LogP contribution in [0.25, 0.3) is 0 Å². The van der Waals surface area contributed by atoms with Crippen molar-refractivity contribution in [1.29, 1.82) is 0 Å². The minimum Gasteiger partial charge on any atom is -0.493 e. The summed E-state index contributed by atoms with van der Waals surface area (Å²) in [6, 6.07) is 5.88. The number of nitrogens with one attached hydrogen (secondary N) is 1. The fourth-order valence-electron chi connectivity index (χ4n) is 2.40. The van der Waals surface area contributed by atoms with Crippen molar-refractivity contribution in [2.24, 2.45) is 0 Å². The van der Waals surface area contributed by atoms with Crippen molar-refractivity contribution in [3.63, 3.8) is 0 Å². The Labute approximate surface area is 142 Å². The van der Waals surface area contributed by atoms with Gasteiger partial charge in [-0.05, 0) is 38.0 Å². The number of benzene rings is 1. The van der Waals surface area contributed by atoms with Gasteiger partial charge in [0, 0.05) is 5.56 Å². The van der Waals surface area contributed by atoms with Crippen LogP contribution in [0.15, 0.2) is 18.2 Å². The highest BCUT2D eigenvalue weighted by molar-refractivity contribution is 6.30. The van der Waals surface area contributed by atoms with Crippen molar-refractivity contribution in [3.05, 3.63) is 40.3 Å². The zero-order chi connectivity index (χ0) is 17.0. The summed E-state index contributed by atoms with van der Waals surface area (Å²) in [5, 5.41) is 3.92. The first kappa shape index (κ1) is 17.3. The van der Waals surface area contributed by atoms with E-state index in [1.807, 2.05) is 32.0 Å². The molecule has 23 heavy (non-hydrogen) atoms. The molecule has 0 aliphatic rings. The highest BCUT2D eigenvalue weighted by Gasteiger charge is 2.15. The fraction of sp³-hybridized carbons (Fsp3) is 0.412. The maximum absolute atomic E-state index is 6.22. The van der Waals surface area contributed by atoms with Crippen molar-refractivity contribution in [2.45, 2.75) is 33.2 Å². The van der Waals surface area contributed by atoms with Gasteiger partial charge in [0.05, 0.1) is 20.3 Å². The Balaban J connectivity index is 2.31. The molecule has 0 saturated heterocycles. The van der Waals surface area contributed by atoms with Gasteiger partial charge in [-0.2, -0.15) is 0 Å². The summed E-state index contributed by atoms with van der Waals surface area (Å²) in [4.78, 5) is 8.70. The van der Waals surface area contributed by atoms with Crippen molar-refractivity contribution in [1.82, 2.24) is 9.97 Å². The minimum atomic E-state index is 0.0328. The second-order valence-electron chi connectivity index (χ2n) is 5.22. The zero-order valence-corrected chi connectivity index (χ0v) is 14.9. The quantitative estimate of drug-likeness (QED) is 0.802. The predicted octanol–water partition coefficient (Wildman–Crippen LogP) is 4.19. The molecular formula is C17H22ClN3O2. The Morgan fingerprint density at radius 3 is 2.48 bits per heavy atom. The number of halogens is 1. The highest BCUT2D eigenvalue weighted by atomic mass is 35.5. The molecule has 1 heterocycles. The molecule has 1 unspecified atom stereocenters. The summed E-state index contributed by atoms with van der Waals surface area (Å²) >= 11 is 6.22. The van der Waals surface area contributed by atoms with E-state index in [0.29, 0.717) is 22.5 Å². The monoisotopic (exact) mass is 335 g/mol. The van der Waals surface area contributed by atoms with Crippen molar-refractivity contribution < 1.29 is 9.47 Å². The van der Waals surface area contributed by atoms with Gasteiger partial charge in [0.1, 0.15) is 16.8 Å². The van der Waals surface area contributed by atoms with Crippen LogP contribution in [0.1, 0.15) is 36.8 Å². The van der Waals surface area contributed by atoms with E-state index in [-0.39, 0.29) is 6.04 Å². The smallest absolute Gasteiger partial charge is 0.161 e. The molecule has 2 aromatic rings. The number of hydrogen-bond acceptors (Lipinski definition) is 5. The topological polar surface area (TPSA) is 56.3 Å². The number of anilines is 1. The standard InChI is InChI=1S/C17H22ClN3O2/c1-6-13-16(18)20-11(3)21-17(13)19-10(2)12-7-8-14(22-4)15(9-12)23-5/h7-10H,6H2,1-5H3,(H,19,20,21). The van der Waals surface area contributed by atoms with E-state index in [1.165, 1.54) is 0 Å². The van der Waals surface area contributed by atoms with E-state index in [9.17, 15) is 0 Å². The molecule has 1 atom stereocenters. The lowest BCUT2D eigenvalue weighted by Crippen LogP contribution is -2.12. The van der Waals surface area contributed by atoms with Crippen LogP contribution < -0.4 is 14.8 Å². The summed E-state index contributed by atoms with van der Waals surface area (Å²) in [7, 11) is 3.25. The SMILES string of the molecule is CCc1c(Cl)nc(C)nc1NC(C)c1ccc(OC)c(OC)c1. The molecule has 0 aliphatic heterocycles. The summed E-state index contributed by atoms with van der Waals surface area (Å²) in [5.74, 6) is 2.83. The number of nitrogens with zero attached hydrogens (tertiary/aromatic N) is 2. The van der Waals surface area contributed by atoms with Crippen LogP contribution >= 0.6 is 11.6 Å². The van der Waals surface area contributed by atoms with E-state index in [1.54, 1.807) is 14.2 Å². The third-order valence-corrected chi connectivity index (χ3v) is 4.00. The van der Waals surface area contributed by atoms with Crippen molar-refractivity contribution in [3.8, 4) is 11.5 Å². The molecule has 1 N–H and O–H groups in total. The number of hydrogen-bond donors (Lipinski definition) is 1. The van der Waals surface area contributed by atoms with Crippen LogP contribution in [0.4, 0.5) is 5.82 Å². The van der Waals surface area contributed by atoms with Crippen LogP contribution in [0.3, 0.4) is 0 Å². The first-order chi connectivity index (χ1) is 11.0. The third kappa shape index (κ3) is 3.85. The first-order valence-electron chi connectivity index (χ1n) is 7.51. The zero-order valence-electron chi connectivity index (χ0n) is 14.1. The summed E-state index contributed by atoms with van der Waals surface area (Å²) in [6.07, 6.45) is 0.764. The molecule has 0 radical (unpaired) electrons. The van der Waals surface area contributed by atoms with Crippen molar-refractivity contribution in [2.75, 3.05) is 19.5 Å². The molecule has 1 aromatic carbocycles. The maximum atomic E-state index is 6.22. The number of methoxy groups -OCH3 is 2. The Morgan fingerprint density at radius 2 is 1.87 bits per heavy atom. The molecule has 1 aromatic heterocycles. The van der Waals surface area contributed by atoms with Gasteiger partial charge in [-0.1, -0.05) is 24.6 Å². The molecule has 0 aliphatic carbocycles. The molecule has 0 bridgehead atoms. The lowest BCUT2D eigenvalue weighted by atomic mass is 10.1. The molecule has 6 heteroatoms. The third-order valence-electron chi connectivity index (χ3n) is 3.68. The van der Waals surface area contributed by atoms with Crippen LogP contribution in [0.2, 0.25) is 5.15 Å². The lowest BCUT2D eigenvalue weighted by molar-refractivity contribution is 0.354. The Morgan fingerprint density at radius 1 is 1.17 bits per heavy atom. The van der Waals surface area contributed by atoms with Gasteiger partial charge in [-0.15, -0.1) is 0 Å². The van der Waals surface area contributed by atoms with Gasteiger partial charge in [-0.25, -0.2) is 9.97 Å². The second-order valence-corrected chi connectivity index (χ2v) is 5.58. The number of aryl methyl sites for hydroxylation is 1. The second kappa shape index (κ2) is 7.51. The Hall–Kier alpha value is -2.01. The molecule has 124 valence electrons. The lowest BCUT2D eigenvalue weighted by Gasteiger charge is -2.19. The number of aromatic nitrogens is 2. The normalized spacial score (nSPS) is 11.9. The maximum Gasteiger partial charge on any atom is 0.161 e. The molecule has 0 saturated carbocycles. The average molecular weight is 336 g/mol. The Kier molecular flexibility index (Phi) is 5.66. The molecule has 5 nitrogen and oxygen atoms in total. The van der Waals surface area contributed by atoms with Gasteiger partial charge in [0.2, 0.25) is 0 Å². The minimum absolute atomic E-state index is 0.0328. The average Bonchev–Trinajstić information content (AvgIpc) is 2.53. The van der Waals surface area contributed by atoms with Gasteiger partial charge >= 0.3 is 0 Å². The van der Waals surface area contributed by atoms with Gasteiger partial charge in [0.15, 0.2) is 11.5 Å². The molecular weight excluding hydrogens is 314 g/mol. The number of ether oxygens (including phenoxy) is 2. The van der Waals surface area contributed by atoms with Gasteiger partial charge in [-0.3, -0.25) is 0 Å². The molecule has 2 rings (SSSR count). The predicted molar refractivity (Wildman–Crippen MR) is 92.7 cm³/mol. The van der Waals surface area contributed by atoms with E-state index >= 15 is 0 Å². The van der Waals surface area contributed by atoms with Crippen LogP contribution in [0, 0.1) is 6.92 Å². The van der Waals surface area contributed by atoms with Crippen LogP contribution in [0.5, 0.6) is 11.5 Å². The molecule has 0 amide bonds. The van der Waals surface area contributed by atoms with E-state index in [4.69, 9.17) is 21.1 Å². The summed E-state index contributed by atoms with van der Waals surface area (Å²) < 4.78 is 10.6. The fourth-order valence-corrected chi connectivity index (χ4v) is 2.75. The molecule has 0 spiro atoms. The van der Waals surface area contributed by atoms with E-state index < -0.39 is 0 Å². The number of rotatable bonds is 6. The Bertz CT molecular complexity index is 692.